The van der Waals surface area contributed by atoms with Crippen molar-refractivity contribution in [2.24, 2.45) is 0 Å². The first-order valence-corrected chi connectivity index (χ1v) is 11.2. The number of carbonyl (C=O) groups is 1. The molecule has 1 amide bonds. The van der Waals surface area contributed by atoms with Gasteiger partial charge in [0.2, 0.25) is 5.91 Å². The Labute approximate surface area is 200 Å². The molecule has 10 nitrogen and oxygen atoms in total. The van der Waals surface area contributed by atoms with Gasteiger partial charge in [-0.3, -0.25) is 9.89 Å². The van der Waals surface area contributed by atoms with E-state index in [1.54, 1.807) is 12.1 Å². The molecule has 5 rings (SSSR count). The minimum Gasteiger partial charge on any atom is -0.423 e. The molecule has 4 heterocycles. The van der Waals surface area contributed by atoms with Gasteiger partial charge in [-0.1, -0.05) is 17.7 Å². The van der Waals surface area contributed by atoms with Gasteiger partial charge in [-0.2, -0.15) is 15.1 Å². The number of hydrogen-bond acceptors (Lipinski definition) is 7. The SMILES string of the molecule is C/C=C/c1cc(Nc2cc(N3CCNC(=O)C3)nc(Oc3ccc4[nH]c(C)cc4c3Cl)n2)n[nH]1. The number of allylic oxidation sites excluding steroid dienone is 1. The summed E-state index contributed by atoms with van der Waals surface area (Å²) in [6, 6.07) is 9.35. The molecule has 1 aliphatic heterocycles. The molecule has 1 aliphatic rings. The molecule has 11 heteroatoms. The Balaban J connectivity index is 1.50. The van der Waals surface area contributed by atoms with Gasteiger partial charge in [0, 0.05) is 41.8 Å². The molecule has 3 aromatic heterocycles. The van der Waals surface area contributed by atoms with E-state index in [1.807, 2.05) is 49.1 Å². The highest BCUT2D eigenvalue weighted by Crippen LogP contribution is 2.36. The Morgan fingerprint density at radius 3 is 2.91 bits per heavy atom. The van der Waals surface area contributed by atoms with Crippen LogP contribution in [0.5, 0.6) is 11.8 Å². The number of carbonyl (C=O) groups excluding carboxylic acids is 1. The predicted molar refractivity (Wildman–Crippen MR) is 132 cm³/mol. The summed E-state index contributed by atoms with van der Waals surface area (Å²) >= 11 is 6.61. The zero-order valence-electron chi connectivity index (χ0n) is 18.6. The van der Waals surface area contributed by atoms with E-state index in [1.165, 1.54) is 0 Å². The first-order chi connectivity index (χ1) is 16.5. The average molecular weight is 479 g/mol. The zero-order chi connectivity index (χ0) is 23.7. The van der Waals surface area contributed by atoms with E-state index in [2.05, 4.69) is 35.8 Å². The van der Waals surface area contributed by atoms with Gasteiger partial charge in [-0.25, -0.2) is 0 Å². The third kappa shape index (κ3) is 4.53. The summed E-state index contributed by atoms with van der Waals surface area (Å²) in [5, 5.41) is 14.5. The highest BCUT2D eigenvalue weighted by molar-refractivity contribution is 6.37. The van der Waals surface area contributed by atoms with Crippen molar-refractivity contribution in [3.63, 3.8) is 0 Å². The second-order valence-corrected chi connectivity index (χ2v) is 8.27. The molecule has 0 aliphatic carbocycles. The monoisotopic (exact) mass is 478 g/mol. The average Bonchev–Trinajstić information content (AvgIpc) is 3.42. The number of halogens is 1. The summed E-state index contributed by atoms with van der Waals surface area (Å²) in [5.41, 5.74) is 2.77. The molecule has 0 unspecified atom stereocenters. The third-order valence-corrected chi connectivity index (χ3v) is 5.68. The number of nitrogens with one attached hydrogen (secondary N) is 4. The summed E-state index contributed by atoms with van der Waals surface area (Å²) in [6.45, 7) is 5.24. The van der Waals surface area contributed by atoms with Crippen LogP contribution in [0.3, 0.4) is 0 Å². The number of aromatic amines is 2. The Bertz CT molecular complexity index is 1390. The highest BCUT2D eigenvalue weighted by atomic mass is 35.5. The lowest BCUT2D eigenvalue weighted by Gasteiger charge is -2.27. The molecule has 0 bridgehead atoms. The summed E-state index contributed by atoms with van der Waals surface area (Å²) < 4.78 is 6.03. The number of piperazine rings is 1. The van der Waals surface area contributed by atoms with Crippen molar-refractivity contribution in [1.29, 1.82) is 0 Å². The number of hydrogen-bond donors (Lipinski definition) is 4. The number of nitrogens with zero attached hydrogens (tertiary/aromatic N) is 4. The van der Waals surface area contributed by atoms with E-state index in [4.69, 9.17) is 16.3 Å². The van der Waals surface area contributed by atoms with Crippen molar-refractivity contribution in [3.8, 4) is 11.8 Å². The Morgan fingerprint density at radius 1 is 1.21 bits per heavy atom. The third-order valence-electron chi connectivity index (χ3n) is 5.29. The van der Waals surface area contributed by atoms with Crippen LogP contribution in [0, 0.1) is 6.92 Å². The predicted octanol–water partition coefficient (Wildman–Crippen LogP) is 4.15. The maximum absolute atomic E-state index is 12.0. The Kier molecular flexibility index (Phi) is 5.81. The molecule has 34 heavy (non-hydrogen) atoms. The van der Waals surface area contributed by atoms with Crippen LogP contribution in [-0.4, -0.2) is 50.7 Å². The van der Waals surface area contributed by atoms with Crippen molar-refractivity contribution in [2.75, 3.05) is 29.9 Å². The highest BCUT2D eigenvalue weighted by Gasteiger charge is 2.20. The van der Waals surface area contributed by atoms with Crippen molar-refractivity contribution in [1.82, 2.24) is 30.5 Å². The molecule has 0 radical (unpaired) electrons. The second-order valence-electron chi connectivity index (χ2n) is 7.89. The number of ether oxygens (including phenoxy) is 1. The van der Waals surface area contributed by atoms with Crippen LogP contribution in [0.25, 0.3) is 17.0 Å². The normalized spacial score (nSPS) is 14.1. The van der Waals surface area contributed by atoms with Gasteiger partial charge in [0.05, 0.1) is 17.3 Å². The Morgan fingerprint density at radius 2 is 2.09 bits per heavy atom. The van der Waals surface area contributed by atoms with Crippen molar-refractivity contribution < 1.29 is 9.53 Å². The number of aromatic nitrogens is 5. The Hall–Kier alpha value is -4.05. The van der Waals surface area contributed by atoms with Crippen LogP contribution >= 0.6 is 11.6 Å². The fourth-order valence-electron chi connectivity index (χ4n) is 3.78. The molecular formula is C23H23ClN8O2. The van der Waals surface area contributed by atoms with Gasteiger partial charge in [-0.05, 0) is 38.1 Å². The van der Waals surface area contributed by atoms with Gasteiger partial charge < -0.3 is 25.3 Å². The van der Waals surface area contributed by atoms with Crippen LogP contribution < -0.4 is 20.3 Å². The molecule has 174 valence electrons. The molecule has 4 aromatic rings. The van der Waals surface area contributed by atoms with E-state index in [0.717, 1.165) is 22.3 Å². The largest absolute Gasteiger partial charge is 0.423 e. The van der Waals surface area contributed by atoms with Gasteiger partial charge in [0.1, 0.15) is 17.4 Å². The summed E-state index contributed by atoms with van der Waals surface area (Å²) in [5.74, 6) is 1.98. The van der Waals surface area contributed by atoms with Gasteiger partial charge >= 0.3 is 6.01 Å². The fourth-order valence-corrected chi connectivity index (χ4v) is 4.04. The molecule has 1 saturated heterocycles. The van der Waals surface area contributed by atoms with Gasteiger partial charge in [0.25, 0.3) is 0 Å². The van der Waals surface area contributed by atoms with E-state index in [-0.39, 0.29) is 18.5 Å². The van der Waals surface area contributed by atoms with E-state index < -0.39 is 0 Å². The van der Waals surface area contributed by atoms with Crippen LogP contribution in [-0.2, 0) is 4.79 Å². The molecular weight excluding hydrogens is 456 g/mol. The lowest BCUT2D eigenvalue weighted by Crippen LogP contribution is -2.48. The van der Waals surface area contributed by atoms with E-state index >= 15 is 0 Å². The number of aryl methyl sites for hydroxylation is 1. The zero-order valence-corrected chi connectivity index (χ0v) is 19.4. The maximum atomic E-state index is 12.0. The van der Waals surface area contributed by atoms with Gasteiger partial charge in [0.15, 0.2) is 5.82 Å². The van der Waals surface area contributed by atoms with Crippen LogP contribution in [0.4, 0.5) is 17.5 Å². The molecule has 0 saturated carbocycles. The molecule has 1 fully saturated rings. The van der Waals surface area contributed by atoms with Crippen molar-refractivity contribution in [2.45, 2.75) is 13.8 Å². The number of benzene rings is 1. The molecule has 1 aromatic carbocycles. The topological polar surface area (TPSA) is 124 Å². The lowest BCUT2D eigenvalue weighted by molar-refractivity contribution is -0.120. The van der Waals surface area contributed by atoms with E-state index in [9.17, 15) is 4.79 Å². The van der Waals surface area contributed by atoms with Crippen LogP contribution in [0.15, 0.2) is 36.4 Å². The maximum Gasteiger partial charge on any atom is 0.325 e. The second kappa shape index (κ2) is 9.06. The number of anilines is 3. The van der Waals surface area contributed by atoms with Crippen molar-refractivity contribution in [3.05, 3.63) is 52.8 Å². The lowest BCUT2D eigenvalue weighted by atomic mass is 10.2. The quantitative estimate of drug-likeness (QED) is 0.328. The molecule has 0 atom stereocenters. The smallest absolute Gasteiger partial charge is 0.325 e. The van der Waals surface area contributed by atoms with Gasteiger partial charge in [-0.15, -0.1) is 0 Å². The summed E-state index contributed by atoms with van der Waals surface area (Å²) in [6.07, 6.45) is 3.82. The number of fused-ring (bicyclic) bond motifs is 1. The van der Waals surface area contributed by atoms with E-state index in [0.29, 0.717) is 41.3 Å². The first-order valence-electron chi connectivity index (χ1n) is 10.8. The molecule has 4 N–H and O–H groups in total. The summed E-state index contributed by atoms with van der Waals surface area (Å²) in [7, 11) is 0. The number of amides is 1. The standard InChI is InChI=1S/C23H23ClN8O2/c1-3-4-14-10-19(31-30-14)27-18-11-20(32-8-7-25-21(33)12-32)29-23(28-18)34-17-6-5-16-15(22(17)24)9-13(2)26-16/h3-6,9-11,26H,7-8,12H2,1-2H3,(H,25,33)(H2,27,28,29,30,31)/b4-3+. The molecule has 0 spiro atoms. The number of rotatable bonds is 6. The minimum atomic E-state index is -0.0681. The number of H-pyrrole nitrogens is 2. The van der Waals surface area contributed by atoms with Crippen LogP contribution in [0.1, 0.15) is 18.3 Å². The first kappa shape index (κ1) is 21.8. The minimum absolute atomic E-state index is 0.0681. The summed E-state index contributed by atoms with van der Waals surface area (Å²) in [4.78, 5) is 26.1. The van der Waals surface area contributed by atoms with Crippen LogP contribution in [0.2, 0.25) is 5.02 Å². The fraction of sp³-hybridized carbons (Fsp3) is 0.217. The van der Waals surface area contributed by atoms with Crippen molar-refractivity contribution >= 4 is 51.9 Å².